The number of ether oxygens (including phenoxy) is 3. The second-order valence-electron chi connectivity index (χ2n) is 5.00. The fourth-order valence-corrected chi connectivity index (χ4v) is 2.37. The van der Waals surface area contributed by atoms with Crippen molar-refractivity contribution < 1.29 is 27.2 Å². The molecule has 1 rings (SSSR count). The molecule has 9 nitrogen and oxygen atoms in total. The van der Waals surface area contributed by atoms with Gasteiger partial charge in [0.05, 0.1) is 37.9 Å². The van der Waals surface area contributed by atoms with Crippen LogP contribution >= 0.6 is 0 Å². The average molecular weight is 373 g/mol. The predicted molar refractivity (Wildman–Crippen MR) is 87.3 cm³/mol. The Hall–Kier alpha value is -1.68. The summed E-state index contributed by atoms with van der Waals surface area (Å²) in [5.74, 6) is 0. The summed E-state index contributed by atoms with van der Waals surface area (Å²) in [6.45, 7) is 3.26. The van der Waals surface area contributed by atoms with Crippen molar-refractivity contribution in [2.45, 2.75) is 17.7 Å². The molecule has 0 aliphatic rings. The molecule has 0 aliphatic carbocycles. The number of benzene rings is 1. The van der Waals surface area contributed by atoms with E-state index in [0.29, 0.717) is 46.2 Å². The maximum absolute atomic E-state index is 10.8. The first kappa shape index (κ1) is 21.4. The van der Waals surface area contributed by atoms with Crippen LogP contribution in [-0.2, 0) is 30.7 Å². The van der Waals surface area contributed by atoms with Crippen LogP contribution < -0.4 is 4.91 Å². The van der Waals surface area contributed by atoms with Crippen molar-refractivity contribution in [3.63, 3.8) is 0 Å². The minimum absolute atomic E-state index is 0.214. The largest absolute Gasteiger partial charge is 0.744 e. The van der Waals surface area contributed by atoms with Crippen LogP contribution in [0.5, 0.6) is 0 Å². The zero-order valence-electron chi connectivity index (χ0n) is 13.9. The summed E-state index contributed by atoms with van der Waals surface area (Å²) in [5, 5.41) is 3.45. The van der Waals surface area contributed by atoms with Crippen molar-refractivity contribution >= 4 is 10.1 Å². The van der Waals surface area contributed by atoms with E-state index in [1.807, 2.05) is 0 Å². The van der Waals surface area contributed by atoms with E-state index in [1.165, 1.54) is 12.1 Å². The normalized spacial score (nSPS) is 11.2. The van der Waals surface area contributed by atoms with Crippen LogP contribution in [0, 0.1) is 5.53 Å². The Morgan fingerprint density at radius 3 is 2.08 bits per heavy atom. The first-order chi connectivity index (χ1) is 12.0. The lowest BCUT2D eigenvalue weighted by Crippen LogP contribution is -2.11. The van der Waals surface area contributed by atoms with E-state index in [-0.39, 0.29) is 4.90 Å². The van der Waals surface area contributed by atoms with Crippen LogP contribution in [0.2, 0.25) is 0 Å². The molecule has 0 radical (unpaired) electrons. The molecule has 0 heterocycles. The molecule has 0 atom stereocenters. The molecule has 1 N–H and O–H groups in total. The van der Waals surface area contributed by atoms with Crippen molar-refractivity contribution in [3.8, 4) is 0 Å². The van der Waals surface area contributed by atoms with E-state index in [0.717, 1.165) is 18.4 Å². The number of nitrogens with one attached hydrogen (secondary N) is 1. The molecule has 1 aromatic carbocycles. The Morgan fingerprint density at radius 1 is 0.960 bits per heavy atom. The van der Waals surface area contributed by atoms with Gasteiger partial charge in [0.25, 0.3) is 0 Å². The quantitative estimate of drug-likeness (QED) is 0.225. The molecule has 0 spiro atoms. The molecule has 0 unspecified atom stereocenters. The van der Waals surface area contributed by atoms with Crippen molar-refractivity contribution in [3.05, 3.63) is 29.8 Å². The lowest BCUT2D eigenvalue weighted by molar-refractivity contribution is 0.0155. The van der Waals surface area contributed by atoms with Gasteiger partial charge in [0.15, 0.2) is 0 Å². The topological polar surface area (TPSA) is 135 Å². The summed E-state index contributed by atoms with van der Waals surface area (Å²) in [6, 6.07) is 5.92. The lowest BCUT2D eigenvalue weighted by atomic mass is 10.1. The van der Waals surface area contributed by atoms with Gasteiger partial charge in [-0.3, -0.25) is 0 Å². The number of nitrogens with zero attached hydrogens (tertiary/aromatic N) is 2. The maximum Gasteiger partial charge on any atom is 0.214 e. The molecule has 0 aromatic heterocycles. The standard InChI is InChI=1S/C15H23N3O6S/c16-18-17-7-9-23-11-13-24-12-10-22-8-1-2-14-3-5-15(6-4-14)25(19,20)21/h3-6,16H,1-2,7-13H2. The zero-order valence-corrected chi connectivity index (χ0v) is 14.7. The third-order valence-electron chi connectivity index (χ3n) is 3.12. The van der Waals surface area contributed by atoms with Gasteiger partial charge < -0.3 is 18.8 Å². The highest BCUT2D eigenvalue weighted by molar-refractivity contribution is 7.85. The van der Waals surface area contributed by atoms with Crippen molar-refractivity contribution in [2.75, 3.05) is 46.2 Å². The Labute approximate surface area is 147 Å². The maximum atomic E-state index is 10.8. The molecular formula is C15H23N3O6S. The summed E-state index contributed by atoms with van der Waals surface area (Å²) >= 11 is 0. The first-order valence-corrected chi connectivity index (χ1v) is 9.26. The van der Waals surface area contributed by atoms with Gasteiger partial charge in [-0.25, -0.2) is 8.42 Å². The minimum atomic E-state index is -4.38. The van der Waals surface area contributed by atoms with Crippen LogP contribution in [0.15, 0.2) is 34.3 Å². The van der Waals surface area contributed by atoms with Gasteiger partial charge in [-0.1, -0.05) is 12.1 Å². The summed E-state index contributed by atoms with van der Waals surface area (Å²) < 4.78 is 48.4. The molecule has 25 heavy (non-hydrogen) atoms. The molecule has 0 saturated carbocycles. The van der Waals surface area contributed by atoms with Gasteiger partial charge in [-0.15, -0.1) is 0 Å². The Bertz CT molecular complexity index is 629. The second-order valence-corrected chi connectivity index (χ2v) is 6.38. The van der Waals surface area contributed by atoms with Crippen LogP contribution in [-0.4, -0.2) is 59.2 Å². The van der Waals surface area contributed by atoms with Gasteiger partial charge in [0.1, 0.15) is 27.3 Å². The molecule has 140 valence electrons. The van der Waals surface area contributed by atoms with Gasteiger partial charge >= 0.3 is 0 Å². The molecule has 0 aliphatic heterocycles. The van der Waals surface area contributed by atoms with Crippen LogP contribution in [0.25, 0.3) is 0 Å². The van der Waals surface area contributed by atoms with Crippen molar-refractivity contribution in [1.82, 2.24) is 4.91 Å². The second kappa shape index (κ2) is 12.6. The van der Waals surface area contributed by atoms with Crippen LogP contribution in [0.4, 0.5) is 0 Å². The fraction of sp³-hybridized carbons (Fsp3) is 0.600. The van der Waals surface area contributed by atoms with E-state index in [9.17, 15) is 13.0 Å². The Morgan fingerprint density at radius 2 is 1.52 bits per heavy atom. The van der Waals surface area contributed by atoms with E-state index in [4.69, 9.17) is 19.7 Å². The molecular weight excluding hydrogens is 350 g/mol. The Balaban J connectivity index is 1.96. The van der Waals surface area contributed by atoms with Crippen LogP contribution in [0.1, 0.15) is 12.0 Å². The number of hydrogen-bond donors (Lipinski definition) is 1. The van der Waals surface area contributed by atoms with Crippen molar-refractivity contribution in [1.29, 1.82) is 5.53 Å². The molecule has 0 saturated heterocycles. The highest BCUT2D eigenvalue weighted by Gasteiger charge is 2.01. The predicted octanol–water partition coefficient (Wildman–Crippen LogP) is 1.12. The summed E-state index contributed by atoms with van der Waals surface area (Å²) in [4.78, 5) is 2.65. The third-order valence-corrected chi connectivity index (χ3v) is 3.97. The molecule has 0 fully saturated rings. The summed E-state index contributed by atoms with van der Waals surface area (Å²) in [6.07, 6.45) is 1.53. The van der Waals surface area contributed by atoms with E-state index in [1.54, 1.807) is 12.1 Å². The number of aryl methyl sites for hydroxylation is 1. The monoisotopic (exact) mass is 373 g/mol. The SMILES string of the molecule is N=[N+]=NCCOCCOCCOCCCc1ccc(S(=O)(=O)[O-])cc1. The Kier molecular flexibility index (Phi) is 10.8. The average Bonchev–Trinajstić information content (AvgIpc) is 2.58. The number of hydrogen-bond acceptors (Lipinski definition) is 8. The third kappa shape index (κ3) is 10.7. The highest BCUT2D eigenvalue weighted by Crippen LogP contribution is 2.11. The molecule has 0 bridgehead atoms. The summed E-state index contributed by atoms with van der Waals surface area (Å²) in [7, 11) is -4.38. The zero-order chi connectivity index (χ0) is 18.4. The van der Waals surface area contributed by atoms with E-state index >= 15 is 0 Å². The van der Waals surface area contributed by atoms with Gasteiger partial charge in [-0.2, -0.15) is 0 Å². The van der Waals surface area contributed by atoms with Crippen molar-refractivity contribution in [2.24, 2.45) is 5.11 Å². The van der Waals surface area contributed by atoms with Gasteiger partial charge in [0, 0.05) is 6.61 Å². The van der Waals surface area contributed by atoms with Gasteiger partial charge in [0.2, 0.25) is 4.91 Å². The smallest absolute Gasteiger partial charge is 0.214 e. The lowest BCUT2D eigenvalue weighted by Gasteiger charge is -2.08. The van der Waals surface area contributed by atoms with Crippen LogP contribution in [0.3, 0.4) is 0 Å². The minimum Gasteiger partial charge on any atom is -0.744 e. The fourth-order valence-electron chi connectivity index (χ4n) is 1.90. The van der Waals surface area contributed by atoms with Gasteiger partial charge in [-0.05, 0) is 30.5 Å². The van der Waals surface area contributed by atoms with E-state index < -0.39 is 10.1 Å². The summed E-state index contributed by atoms with van der Waals surface area (Å²) in [5.41, 5.74) is 7.41. The number of rotatable bonds is 14. The van der Waals surface area contributed by atoms with E-state index in [2.05, 4.69) is 10.0 Å². The highest BCUT2D eigenvalue weighted by atomic mass is 32.2. The first-order valence-electron chi connectivity index (χ1n) is 7.85. The molecule has 10 heteroatoms. The molecule has 0 amide bonds. The molecule has 1 aromatic rings.